The molecular weight excluding hydrogens is 289 g/mol. The highest BCUT2D eigenvalue weighted by molar-refractivity contribution is 5.66. The minimum absolute atomic E-state index is 0.0218. The first-order valence-corrected chi connectivity index (χ1v) is 6.30. The molecule has 2 atom stereocenters. The zero-order chi connectivity index (χ0) is 15.8. The van der Waals surface area contributed by atoms with E-state index in [9.17, 15) is 23.1 Å². The van der Waals surface area contributed by atoms with Crippen LogP contribution in [-0.4, -0.2) is 33.6 Å². The molecule has 1 saturated heterocycles. The van der Waals surface area contributed by atoms with Gasteiger partial charge in [0, 0.05) is 13.0 Å². The van der Waals surface area contributed by atoms with E-state index in [0.717, 1.165) is 17.0 Å². The molecule has 1 heterocycles. The van der Waals surface area contributed by atoms with E-state index in [2.05, 4.69) is 0 Å². The van der Waals surface area contributed by atoms with E-state index in [-0.39, 0.29) is 18.9 Å². The molecule has 0 aromatic heterocycles. The van der Waals surface area contributed by atoms with Gasteiger partial charge >= 0.3 is 12.3 Å². The van der Waals surface area contributed by atoms with Gasteiger partial charge in [0.2, 0.25) is 0 Å². The fourth-order valence-electron chi connectivity index (χ4n) is 2.54. The first-order chi connectivity index (χ1) is 9.61. The van der Waals surface area contributed by atoms with E-state index < -0.39 is 23.7 Å². The zero-order valence-electron chi connectivity index (χ0n) is 11.0. The maximum Gasteiger partial charge on any atom is 0.416 e. The molecule has 1 aliphatic rings. The Balaban J connectivity index is 2.16. The number of amides is 1. The molecule has 116 valence electrons. The molecule has 0 saturated carbocycles. The number of aliphatic hydroxyl groups is 1. The molecule has 0 bridgehead atoms. The lowest BCUT2D eigenvalue weighted by atomic mass is 9.86. The monoisotopic (exact) mass is 304 g/mol. The third-order valence-corrected chi connectivity index (χ3v) is 3.66. The molecule has 5 nitrogen and oxygen atoms in total. The Hall–Kier alpha value is -1.80. The average molecular weight is 304 g/mol. The number of likely N-dealkylation sites (tertiary alicyclic amines) is 1. The molecule has 4 N–H and O–H groups in total. The van der Waals surface area contributed by atoms with Crippen molar-refractivity contribution in [2.75, 3.05) is 6.54 Å². The maximum atomic E-state index is 12.5. The predicted molar refractivity (Wildman–Crippen MR) is 67.3 cm³/mol. The second-order valence-electron chi connectivity index (χ2n) is 5.12. The van der Waals surface area contributed by atoms with Crippen LogP contribution in [-0.2, 0) is 6.18 Å². The third kappa shape index (κ3) is 3.27. The second kappa shape index (κ2) is 5.19. The van der Waals surface area contributed by atoms with Crippen LogP contribution in [0.2, 0.25) is 0 Å². The van der Waals surface area contributed by atoms with Gasteiger partial charge in [-0.3, -0.25) is 10.6 Å². The van der Waals surface area contributed by atoms with Gasteiger partial charge in [-0.05, 0) is 30.0 Å². The Morgan fingerprint density at radius 1 is 1.33 bits per heavy atom. The van der Waals surface area contributed by atoms with Gasteiger partial charge in [0.25, 0.3) is 0 Å². The summed E-state index contributed by atoms with van der Waals surface area (Å²) in [6, 6.07) is 4.60. The Morgan fingerprint density at radius 2 is 1.90 bits per heavy atom. The second-order valence-corrected chi connectivity index (χ2v) is 5.12. The molecule has 0 spiro atoms. The normalized spacial score (nSPS) is 26.7. The first kappa shape index (κ1) is 15.6. The Bertz CT molecular complexity index is 528. The quantitative estimate of drug-likeness (QED) is 0.694. The van der Waals surface area contributed by atoms with E-state index in [0.29, 0.717) is 12.0 Å². The van der Waals surface area contributed by atoms with Crippen molar-refractivity contribution in [1.82, 2.24) is 4.90 Å². The van der Waals surface area contributed by atoms with Crippen molar-refractivity contribution in [3.05, 3.63) is 35.4 Å². The van der Waals surface area contributed by atoms with Crippen molar-refractivity contribution in [2.24, 2.45) is 5.73 Å². The maximum absolute atomic E-state index is 12.5. The van der Waals surface area contributed by atoms with Gasteiger partial charge < -0.3 is 10.2 Å². The number of hydrogen-bond donors (Lipinski definition) is 3. The van der Waals surface area contributed by atoms with Crippen LogP contribution >= 0.6 is 0 Å². The molecular formula is C13H15F3N2O3. The number of nitrogens with zero attached hydrogens (tertiary/aromatic N) is 1. The van der Waals surface area contributed by atoms with Gasteiger partial charge in [-0.2, -0.15) is 13.2 Å². The van der Waals surface area contributed by atoms with Gasteiger partial charge in [0.1, 0.15) is 0 Å². The summed E-state index contributed by atoms with van der Waals surface area (Å²) in [5.74, 6) is -2.31. The lowest BCUT2D eigenvalue weighted by Gasteiger charge is -2.41. The summed E-state index contributed by atoms with van der Waals surface area (Å²) in [7, 11) is 0. The molecule has 0 aliphatic carbocycles. The summed E-state index contributed by atoms with van der Waals surface area (Å²) in [6.07, 6.45) is -5.41. The lowest BCUT2D eigenvalue weighted by Crippen LogP contribution is -2.61. The fraction of sp³-hybridized carbons (Fsp3) is 0.462. The highest BCUT2D eigenvalue weighted by Gasteiger charge is 2.41. The topological polar surface area (TPSA) is 86.8 Å². The number of alkyl halides is 3. The van der Waals surface area contributed by atoms with Crippen LogP contribution in [0.15, 0.2) is 24.3 Å². The average Bonchev–Trinajstić information content (AvgIpc) is 2.36. The minimum atomic E-state index is -4.40. The number of carbonyl (C=O) groups is 1. The summed E-state index contributed by atoms with van der Waals surface area (Å²) in [4.78, 5) is 11.7. The lowest BCUT2D eigenvalue weighted by molar-refractivity contribution is -0.137. The van der Waals surface area contributed by atoms with E-state index in [4.69, 9.17) is 10.8 Å². The van der Waals surface area contributed by atoms with Gasteiger partial charge in [0.15, 0.2) is 5.85 Å². The SMILES string of the molecule is NC1(O)CC(c2ccc(C(F)(F)F)cc2)CCN1C(=O)O. The van der Waals surface area contributed by atoms with Crippen molar-refractivity contribution in [3.8, 4) is 0 Å². The third-order valence-electron chi connectivity index (χ3n) is 3.66. The molecule has 1 aromatic rings. The van der Waals surface area contributed by atoms with Crippen LogP contribution in [0.25, 0.3) is 0 Å². The van der Waals surface area contributed by atoms with Crippen LogP contribution in [0.4, 0.5) is 18.0 Å². The highest BCUT2D eigenvalue weighted by atomic mass is 19.4. The molecule has 1 aromatic carbocycles. The van der Waals surface area contributed by atoms with E-state index in [1.54, 1.807) is 0 Å². The summed E-state index contributed by atoms with van der Waals surface area (Å²) >= 11 is 0. The highest BCUT2D eigenvalue weighted by Crippen LogP contribution is 2.36. The zero-order valence-corrected chi connectivity index (χ0v) is 11.0. The van der Waals surface area contributed by atoms with Gasteiger partial charge in [-0.15, -0.1) is 0 Å². The Kier molecular flexibility index (Phi) is 3.85. The number of nitrogens with two attached hydrogens (primary N) is 1. The largest absolute Gasteiger partial charge is 0.465 e. The summed E-state index contributed by atoms with van der Waals surface area (Å²) in [5, 5.41) is 18.9. The Morgan fingerprint density at radius 3 is 2.33 bits per heavy atom. The van der Waals surface area contributed by atoms with E-state index in [1.807, 2.05) is 0 Å². The standard InChI is InChI=1S/C13H15F3N2O3/c14-13(15,16)10-3-1-8(2-4-10)9-5-6-18(11(19)20)12(17,21)7-9/h1-4,9,21H,5-7,17H2,(H,19,20). The molecule has 1 amide bonds. The van der Waals surface area contributed by atoms with Crippen molar-refractivity contribution < 1.29 is 28.2 Å². The number of piperidine rings is 1. The number of benzene rings is 1. The number of halogens is 3. The van der Waals surface area contributed by atoms with Gasteiger partial charge in [-0.25, -0.2) is 4.79 Å². The first-order valence-electron chi connectivity index (χ1n) is 6.30. The van der Waals surface area contributed by atoms with Crippen LogP contribution in [0, 0.1) is 0 Å². The van der Waals surface area contributed by atoms with Crippen LogP contribution in [0.5, 0.6) is 0 Å². The van der Waals surface area contributed by atoms with E-state index >= 15 is 0 Å². The number of carboxylic acid groups (broad SMARTS) is 1. The van der Waals surface area contributed by atoms with Crippen LogP contribution in [0.1, 0.15) is 29.9 Å². The van der Waals surface area contributed by atoms with Crippen molar-refractivity contribution in [3.63, 3.8) is 0 Å². The van der Waals surface area contributed by atoms with Crippen molar-refractivity contribution >= 4 is 6.09 Å². The minimum Gasteiger partial charge on any atom is -0.465 e. The smallest absolute Gasteiger partial charge is 0.416 e. The summed E-state index contributed by atoms with van der Waals surface area (Å²) in [6.45, 7) is 0.0218. The molecule has 2 rings (SSSR count). The Labute approximate surface area is 118 Å². The fourth-order valence-corrected chi connectivity index (χ4v) is 2.54. The molecule has 2 unspecified atom stereocenters. The molecule has 1 aliphatic heterocycles. The number of rotatable bonds is 1. The van der Waals surface area contributed by atoms with E-state index in [1.165, 1.54) is 12.1 Å². The van der Waals surface area contributed by atoms with Crippen LogP contribution < -0.4 is 5.73 Å². The molecule has 8 heteroatoms. The van der Waals surface area contributed by atoms with Gasteiger partial charge in [0.05, 0.1) is 5.56 Å². The molecule has 21 heavy (non-hydrogen) atoms. The molecule has 0 radical (unpaired) electrons. The summed E-state index contributed by atoms with van der Waals surface area (Å²) < 4.78 is 37.5. The van der Waals surface area contributed by atoms with Crippen LogP contribution in [0.3, 0.4) is 0 Å². The predicted octanol–water partition coefficient (Wildman–Crippen LogP) is 2.17. The number of hydrogen-bond acceptors (Lipinski definition) is 3. The summed E-state index contributed by atoms with van der Waals surface area (Å²) in [5.41, 5.74) is 5.41. The van der Waals surface area contributed by atoms with Gasteiger partial charge in [-0.1, -0.05) is 12.1 Å². The van der Waals surface area contributed by atoms with Crippen molar-refractivity contribution in [2.45, 2.75) is 30.8 Å². The van der Waals surface area contributed by atoms with Crippen molar-refractivity contribution in [1.29, 1.82) is 0 Å². The molecule has 1 fully saturated rings.